The average molecular weight is 297 g/mol. The van der Waals surface area contributed by atoms with Crippen LogP contribution in [0.3, 0.4) is 0 Å². The number of thiazole rings is 1. The first kappa shape index (κ1) is 12.2. The molecule has 4 rings (SSSR count). The van der Waals surface area contributed by atoms with Crippen molar-refractivity contribution in [1.29, 1.82) is 0 Å². The second-order valence-electron chi connectivity index (χ2n) is 4.85. The molecule has 0 saturated carbocycles. The van der Waals surface area contributed by atoms with Crippen LogP contribution >= 0.6 is 11.3 Å². The van der Waals surface area contributed by atoms with Crippen LogP contribution in [0.1, 0.15) is 16.1 Å². The van der Waals surface area contributed by atoms with E-state index in [1.54, 1.807) is 23.5 Å². The maximum atomic E-state index is 11.1. The molecule has 1 aromatic carbocycles. The number of nitrogens with zero attached hydrogens (tertiary/aromatic N) is 3. The first-order valence-corrected chi connectivity index (χ1v) is 7.32. The van der Waals surface area contributed by atoms with Gasteiger partial charge in [-0.05, 0) is 23.6 Å². The van der Waals surface area contributed by atoms with Crippen LogP contribution in [0.5, 0.6) is 0 Å². The Morgan fingerprint density at radius 3 is 3.00 bits per heavy atom. The normalized spacial score (nSPS) is 11.4. The lowest BCUT2D eigenvalue weighted by Crippen LogP contribution is -2.00. The fourth-order valence-corrected chi connectivity index (χ4v) is 3.20. The molecular weight excluding hydrogens is 286 g/mol. The summed E-state index contributed by atoms with van der Waals surface area (Å²) in [5, 5.41) is 12.1. The summed E-state index contributed by atoms with van der Waals surface area (Å²) in [6.07, 6.45) is 5.94. The zero-order valence-electron chi connectivity index (χ0n) is 10.9. The van der Waals surface area contributed by atoms with Crippen LogP contribution in [-0.4, -0.2) is 25.0 Å². The lowest BCUT2D eigenvalue weighted by Gasteiger charge is -2.03. The quantitative estimate of drug-likeness (QED) is 0.632. The van der Waals surface area contributed by atoms with Crippen molar-refractivity contribution in [2.24, 2.45) is 0 Å². The summed E-state index contributed by atoms with van der Waals surface area (Å²) in [5.41, 5.74) is 2.17. The molecule has 21 heavy (non-hydrogen) atoms. The molecule has 4 aromatic rings. The van der Waals surface area contributed by atoms with E-state index in [1.165, 1.54) is 0 Å². The fraction of sp³-hybridized carbons (Fsp3) is 0.0667. The van der Waals surface area contributed by atoms with Gasteiger partial charge >= 0.3 is 5.97 Å². The van der Waals surface area contributed by atoms with Crippen molar-refractivity contribution in [3.63, 3.8) is 0 Å². The molecular formula is C15H11N3O2S. The summed E-state index contributed by atoms with van der Waals surface area (Å²) in [7, 11) is 0. The number of rotatable bonds is 3. The van der Waals surface area contributed by atoms with E-state index in [0.29, 0.717) is 12.1 Å². The Balaban J connectivity index is 1.77. The van der Waals surface area contributed by atoms with Crippen LogP contribution in [0, 0.1) is 0 Å². The van der Waals surface area contributed by atoms with Crippen molar-refractivity contribution in [3.05, 3.63) is 59.5 Å². The third-order valence-electron chi connectivity index (χ3n) is 3.50. The van der Waals surface area contributed by atoms with Crippen molar-refractivity contribution < 1.29 is 9.90 Å². The molecule has 3 heterocycles. The number of carboxylic acid groups (broad SMARTS) is 1. The summed E-state index contributed by atoms with van der Waals surface area (Å²) in [6.45, 7) is 0.626. The Morgan fingerprint density at radius 2 is 2.19 bits per heavy atom. The maximum absolute atomic E-state index is 11.1. The number of benzene rings is 1. The first-order chi connectivity index (χ1) is 10.2. The van der Waals surface area contributed by atoms with E-state index >= 15 is 0 Å². The molecule has 0 fully saturated rings. The van der Waals surface area contributed by atoms with Crippen molar-refractivity contribution >= 4 is 33.2 Å². The third-order valence-corrected chi connectivity index (χ3v) is 4.27. The van der Waals surface area contributed by atoms with Gasteiger partial charge in [0.1, 0.15) is 0 Å². The van der Waals surface area contributed by atoms with E-state index in [4.69, 9.17) is 5.11 Å². The standard InChI is InChI=1S/C15H11N3O2S/c19-14(20)11-2-1-10-3-4-17(13(10)7-11)8-12-9-18-5-6-21-15(18)16-12/h1-7,9H,8H2,(H,19,20). The van der Waals surface area contributed by atoms with Gasteiger partial charge in [0, 0.05) is 29.5 Å². The summed E-state index contributed by atoms with van der Waals surface area (Å²) in [5.74, 6) is -0.910. The molecule has 0 amide bonds. The highest BCUT2D eigenvalue weighted by Gasteiger charge is 2.09. The van der Waals surface area contributed by atoms with Crippen LogP contribution in [0.4, 0.5) is 0 Å². The zero-order valence-corrected chi connectivity index (χ0v) is 11.7. The van der Waals surface area contributed by atoms with Gasteiger partial charge in [0.15, 0.2) is 4.96 Å². The molecule has 5 nitrogen and oxygen atoms in total. The molecule has 0 atom stereocenters. The number of aromatic carboxylic acids is 1. The highest BCUT2D eigenvalue weighted by Crippen LogP contribution is 2.20. The minimum Gasteiger partial charge on any atom is -0.478 e. The first-order valence-electron chi connectivity index (χ1n) is 6.44. The Bertz CT molecular complexity index is 935. The van der Waals surface area contributed by atoms with Gasteiger partial charge in [-0.15, -0.1) is 11.3 Å². The predicted molar refractivity (Wildman–Crippen MR) is 81.1 cm³/mol. The average Bonchev–Trinajstić information content (AvgIpc) is 3.13. The van der Waals surface area contributed by atoms with E-state index < -0.39 is 5.97 Å². The van der Waals surface area contributed by atoms with Crippen LogP contribution in [0.2, 0.25) is 0 Å². The fourth-order valence-electron chi connectivity index (χ4n) is 2.48. The molecule has 1 N–H and O–H groups in total. The van der Waals surface area contributed by atoms with Gasteiger partial charge in [-0.1, -0.05) is 6.07 Å². The summed E-state index contributed by atoms with van der Waals surface area (Å²) < 4.78 is 4.02. The monoisotopic (exact) mass is 297 g/mol. The van der Waals surface area contributed by atoms with Gasteiger partial charge in [-0.3, -0.25) is 4.40 Å². The molecule has 0 radical (unpaired) electrons. The Hall–Kier alpha value is -2.60. The zero-order chi connectivity index (χ0) is 14.4. The second kappa shape index (κ2) is 4.46. The predicted octanol–water partition coefficient (Wildman–Crippen LogP) is 3.10. The summed E-state index contributed by atoms with van der Waals surface area (Å²) in [4.78, 5) is 16.6. The highest BCUT2D eigenvalue weighted by atomic mass is 32.1. The maximum Gasteiger partial charge on any atom is 0.335 e. The lowest BCUT2D eigenvalue weighted by molar-refractivity contribution is 0.0697. The summed E-state index contributed by atoms with van der Waals surface area (Å²) >= 11 is 1.60. The minimum absolute atomic E-state index is 0.299. The van der Waals surface area contributed by atoms with E-state index in [1.807, 2.05) is 45.1 Å². The Morgan fingerprint density at radius 1 is 1.29 bits per heavy atom. The largest absolute Gasteiger partial charge is 0.478 e. The third kappa shape index (κ3) is 2.00. The molecule has 0 bridgehead atoms. The number of carboxylic acids is 1. The molecule has 0 aliphatic carbocycles. The molecule has 0 aliphatic heterocycles. The molecule has 0 aliphatic rings. The van der Waals surface area contributed by atoms with Gasteiger partial charge < -0.3 is 9.67 Å². The minimum atomic E-state index is -0.910. The number of fused-ring (bicyclic) bond motifs is 2. The number of hydrogen-bond acceptors (Lipinski definition) is 3. The summed E-state index contributed by atoms with van der Waals surface area (Å²) in [6, 6.07) is 7.15. The van der Waals surface area contributed by atoms with E-state index in [2.05, 4.69) is 4.98 Å². The van der Waals surface area contributed by atoms with E-state index in [9.17, 15) is 4.79 Å². The van der Waals surface area contributed by atoms with Gasteiger partial charge in [0.05, 0.1) is 17.8 Å². The van der Waals surface area contributed by atoms with E-state index in [-0.39, 0.29) is 0 Å². The molecule has 6 heteroatoms. The number of carbonyl (C=O) groups is 1. The highest BCUT2D eigenvalue weighted by molar-refractivity contribution is 7.15. The molecule has 104 valence electrons. The van der Waals surface area contributed by atoms with Gasteiger partial charge in [-0.2, -0.15) is 0 Å². The van der Waals surface area contributed by atoms with Gasteiger partial charge in [0.25, 0.3) is 0 Å². The molecule has 0 spiro atoms. The molecule has 0 saturated heterocycles. The number of aromatic nitrogens is 3. The number of hydrogen-bond donors (Lipinski definition) is 1. The van der Waals surface area contributed by atoms with Crippen LogP contribution in [0.15, 0.2) is 48.2 Å². The van der Waals surface area contributed by atoms with Crippen LogP contribution < -0.4 is 0 Å². The van der Waals surface area contributed by atoms with E-state index in [0.717, 1.165) is 21.6 Å². The van der Waals surface area contributed by atoms with Gasteiger partial charge in [0.2, 0.25) is 0 Å². The molecule has 3 aromatic heterocycles. The Kier molecular flexibility index (Phi) is 2.58. The van der Waals surface area contributed by atoms with Crippen molar-refractivity contribution in [3.8, 4) is 0 Å². The Labute approximate surface area is 123 Å². The van der Waals surface area contributed by atoms with Crippen LogP contribution in [-0.2, 0) is 6.54 Å². The smallest absolute Gasteiger partial charge is 0.335 e. The van der Waals surface area contributed by atoms with Crippen molar-refractivity contribution in [1.82, 2.24) is 14.0 Å². The second-order valence-corrected chi connectivity index (χ2v) is 5.72. The lowest BCUT2D eigenvalue weighted by atomic mass is 10.1. The van der Waals surface area contributed by atoms with Crippen molar-refractivity contribution in [2.45, 2.75) is 6.54 Å². The number of imidazole rings is 1. The molecule has 0 unspecified atom stereocenters. The van der Waals surface area contributed by atoms with Crippen LogP contribution in [0.25, 0.3) is 15.9 Å². The topological polar surface area (TPSA) is 59.5 Å². The van der Waals surface area contributed by atoms with Gasteiger partial charge in [-0.25, -0.2) is 9.78 Å². The SMILES string of the molecule is O=C(O)c1ccc2ccn(Cc3cn4ccsc4n3)c2c1. The van der Waals surface area contributed by atoms with Crippen molar-refractivity contribution in [2.75, 3.05) is 0 Å².